The van der Waals surface area contributed by atoms with Gasteiger partial charge in [0, 0.05) is 7.11 Å². The molecule has 1 aromatic rings. The predicted octanol–water partition coefficient (Wildman–Crippen LogP) is 1.23. The van der Waals surface area contributed by atoms with E-state index in [2.05, 4.69) is 5.32 Å². The number of hydrogen-bond acceptors (Lipinski definition) is 3. The van der Waals surface area contributed by atoms with Crippen molar-refractivity contribution >= 4 is 5.91 Å². The standard InChI is InChI=1S/C13H19FN2O2/c1-9-3-4-12(14)11(7-9)13(17)16-10(5-6-15)8-18-2/h3-4,7,10H,5-6,8,15H2,1-2H3,(H,16,17). The van der Waals surface area contributed by atoms with Gasteiger partial charge in [-0.2, -0.15) is 0 Å². The van der Waals surface area contributed by atoms with Crippen molar-refractivity contribution in [1.82, 2.24) is 5.32 Å². The highest BCUT2D eigenvalue weighted by atomic mass is 19.1. The first-order valence-electron chi connectivity index (χ1n) is 5.84. The highest BCUT2D eigenvalue weighted by molar-refractivity contribution is 5.94. The van der Waals surface area contributed by atoms with E-state index in [4.69, 9.17) is 10.5 Å². The molecule has 0 aliphatic rings. The number of benzene rings is 1. The third-order valence-corrected chi connectivity index (χ3v) is 2.58. The van der Waals surface area contributed by atoms with Gasteiger partial charge in [-0.15, -0.1) is 0 Å². The van der Waals surface area contributed by atoms with Crippen LogP contribution in [0.2, 0.25) is 0 Å². The van der Waals surface area contributed by atoms with Crippen molar-refractivity contribution in [1.29, 1.82) is 0 Å². The predicted molar refractivity (Wildman–Crippen MR) is 67.9 cm³/mol. The van der Waals surface area contributed by atoms with Crippen molar-refractivity contribution in [3.8, 4) is 0 Å². The zero-order chi connectivity index (χ0) is 13.5. The molecule has 1 atom stereocenters. The maximum atomic E-state index is 13.5. The molecular formula is C13H19FN2O2. The van der Waals surface area contributed by atoms with Gasteiger partial charge >= 0.3 is 0 Å². The Morgan fingerprint density at radius 2 is 2.28 bits per heavy atom. The van der Waals surface area contributed by atoms with Crippen LogP contribution in [0.5, 0.6) is 0 Å². The third kappa shape index (κ3) is 4.09. The quantitative estimate of drug-likeness (QED) is 0.802. The van der Waals surface area contributed by atoms with Gasteiger partial charge in [-0.1, -0.05) is 11.6 Å². The number of nitrogens with two attached hydrogens (primary N) is 1. The molecule has 1 rings (SSSR count). The third-order valence-electron chi connectivity index (χ3n) is 2.58. The zero-order valence-electron chi connectivity index (χ0n) is 10.7. The Morgan fingerprint density at radius 1 is 1.56 bits per heavy atom. The van der Waals surface area contributed by atoms with E-state index in [9.17, 15) is 9.18 Å². The van der Waals surface area contributed by atoms with E-state index >= 15 is 0 Å². The van der Waals surface area contributed by atoms with Crippen molar-refractivity contribution in [2.45, 2.75) is 19.4 Å². The molecule has 1 aromatic carbocycles. The molecule has 0 aromatic heterocycles. The minimum Gasteiger partial charge on any atom is -0.383 e. The molecule has 18 heavy (non-hydrogen) atoms. The number of nitrogens with one attached hydrogen (secondary N) is 1. The minimum absolute atomic E-state index is 0.0492. The molecule has 3 N–H and O–H groups in total. The summed E-state index contributed by atoms with van der Waals surface area (Å²) in [6, 6.07) is 4.24. The van der Waals surface area contributed by atoms with Gasteiger partial charge in [0.05, 0.1) is 18.2 Å². The maximum Gasteiger partial charge on any atom is 0.254 e. The molecule has 0 radical (unpaired) electrons. The Labute approximate surface area is 106 Å². The molecule has 0 aliphatic heterocycles. The van der Waals surface area contributed by atoms with Gasteiger partial charge in [-0.3, -0.25) is 4.79 Å². The Hall–Kier alpha value is -1.46. The summed E-state index contributed by atoms with van der Waals surface area (Å²) >= 11 is 0. The van der Waals surface area contributed by atoms with Crippen molar-refractivity contribution < 1.29 is 13.9 Å². The smallest absolute Gasteiger partial charge is 0.254 e. The normalized spacial score (nSPS) is 12.2. The first-order valence-corrected chi connectivity index (χ1v) is 5.84. The van der Waals surface area contributed by atoms with Crippen molar-refractivity contribution in [2.24, 2.45) is 5.73 Å². The summed E-state index contributed by atoms with van der Waals surface area (Å²) in [7, 11) is 1.54. The number of methoxy groups -OCH3 is 1. The topological polar surface area (TPSA) is 64.3 Å². The van der Waals surface area contributed by atoms with Crippen LogP contribution in [0.15, 0.2) is 18.2 Å². The molecule has 4 nitrogen and oxygen atoms in total. The van der Waals surface area contributed by atoms with E-state index in [-0.39, 0.29) is 11.6 Å². The van der Waals surface area contributed by atoms with Gasteiger partial charge in [0.2, 0.25) is 0 Å². The fourth-order valence-corrected chi connectivity index (χ4v) is 1.68. The average molecular weight is 254 g/mol. The van der Waals surface area contributed by atoms with Gasteiger partial charge in [-0.05, 0) is 32.0 Å². The first kappa shape index (κ1) is 14.6. The highest BCUT2D eigenvalue weighted by Gasteiger charge is 2.16. The summed E-state index contributed by atoms with van der Waals surface area (Å²) in [5.74, 6) is -0.964. The largest absolute Gasteiger partial charge is 0.383 e. The number of rotatable bonds is 6. The van der Waals surface area contributed by atoms with Gasteiger partial charge in [0.15, 0.2) is 0 Å². The van der Waals surface area contributed by atoms with E-state index in [1.807, 2.05) is 6.92 Å². The number of ether oxygens (including phenoxy) is 1. The molecule has 0 fully saturated rings. The number of aryl methyl sites for hydroxylation is 1. The van der Waals surface area contributed by atoms with E-state index in [0.717, 1.165) is 5.56 Å². The molecule has 0 bridgehead atoms. The SMILES string of the molecule is COCC(CCN)NC(=O)c1cc(C)ccc1F. The lowest BCUT2D eigenvalue weighted by atomic mass is 10.1. The van der Waals surface area contributed by atoms with Gasteiger partial charge in [-0.25, -0.2) is 4.39 Å². The van der Waals surface area contributed by atoms with Gasteiger partial charge in [0.1, 0.15) is 5.82 Å². The Balaban J connectivity index is 2.76. The molecule has 5 heteroatoms. The molecule has 0 spiro atoms. The van der Waals surface area contributed by atoms with E-state index < -0.39 is 11.7 Å². The molecule has 1 amide bonds. The summed E-state index contributed by atoms with van der Waals surface area (Å²) in [5.41, 5.74) is 6.33. The Morgan fingerprint density at radius 3 is 2.89 bits per heavy atom. The summed E-state index contributed by atoms with van der Waals surface area (Å²) in [6.45, 7) is 2.60. The molecule has 0 saturated heterocycles. The summed E-state index contributed by atoms with van der Waals surface area (Å²) in [5, 5.41) is 2.72. The number of halogens is 1. The number of hydrogen-bond donors (Lipinski definition) is 2. The lowest BCUT2D eigenvalue weighted by Crippen LogP contribution is -2.39. The van der Waals surface area contributed by atoms with Crippen LogP contribution in [0.3, 0.4) is 0 Å². The Kier molecular flexibility index (Phi) is 5.74. The second-order valence-corrected chi connectivity index (χ2v) is 4.19. The van der Waals surface area contributed by atoms with Gasteiger partial charge < -0.3 is 15.8 Å². The first-order chi connectivity index (χ1) is 8.58. The summed E-state index contributed by atoms with van der Waals surface area (Å²) in [4.78, 5) is 11.9. The molecule has 0 aliphatic carbocycles. The van der Waals surface area contributed by atoms with Crippen LogP contribution in [-0.2, 0) is 4.74 Å². The van der Waals surface area contributed by atoms with Crippen LogP contribution in [0.1, 0.15) is 22.3 Å². The molecule has 0 saturated carbocycles. The molecule has 0 heterocycles. The van der Waals surface area contributed by atoms with Gasteiger partial charge in [0.25, 0.3) is 5.91 Å². The van der Waals surface area contributed by atoms with Crippen molar-refractivity contribution in [2.75, 3.05) is 20.3 Å². The van der Waals surface area contributed by atoms with Crippen molar-refractivity contribution in [3.05, 3.63) is 35.1 Å². The second kappa shape index (κ2) is 7.08. The van der Waals surface area contributed by atoms with Crippen LogP contribution < -0.4 is 11.1 Å². The second-order valence-electron chi connectivity index (χ2n) is 4.19. The lowest BCUT2D eigenvalue weighted by molar-refractivity contribution is 0.0889. The van der Waals surface area contributed by atoms with Crippen LogP contribution >= 0.6 is 0 Å². The summed E-state index contributed by atoms with van der Waals surface area (Å²) < 4.78 is 18.5. The van der Waals surface area contributed by atoms with Crippen LogP contribution in [-0.4, -0.2) is 32.2 Å². The van der Waals surface area contributed by atoms with E-state index in [1.165, 1.54) is 12.1 Å². The highest BCUT2D eigenvalue weighted by Crippen LogP contribution is 2.10. The van der Waals surface area contributed by atoms with Crippen LogP contribution in [0.4, 0.5) is 4.39 Å². The summed E-state index contributed by atoms with van der Waals surface area (Å²) in [6.07, 6.45) is 0.590. The zero-order valence-corrected chi connectivity index (χ0v) is 10.7. The monoisotopic (exact) mass is 254 g/mol. The number of carbonyl (C=O) groups is 1. The fourth-order valence-electron chi connectivity index (χ4n) is 1.68. The van der Waals surface area contributed by atoms with Crippen LogP contribution in [0, 0.1) is 12.7 Å². The number of amides is 1. The minimum atomic E-state index is -0.526. The Bertz CT molecular complexity index is 404. The molecule has 1 unspecified atom stereocenters. The average Bonchev–Trinajstić information content (AvgIpc) is 2.33. The molecular weight excluding hydrogens is 235 g/mol. The number of carbonyl (C=O) groups excluding carboxylic acids is 1. The van der Waals surface area contributed by atoms with Crippen LogP contribution in [0.25, 0.3) is 0 Å². The fraction of sp³-hybridized carbons (Fsp3) is 0.462. The van der Waals surface area contributed by atoms with E-state index in [0.29, 0.717) is 19.6 Å². The van der Waals surface area contributed by atoms with E-state index in [1.54, 1.807) is 13.2 Å². The lowest BCUT2D eigenvalue weighted by Gasteiger charge is -2.17. The molecule has 100 valence electrons. The van der Waals surface area contributed by atoms with Crippen molar-refractivity contribution in [3.63, 3.8) is 0 Å². The maximum absolute atomic E-state index is 13.5.